The molecule has 0 spiro atoms. The normalized spacial score (nSPS) is 16.4. The van der Waals surface area contributed by atoms with Crippen LogP contribution in [0.25, 0.3) is 10.8 Å². The van der Waals surface area contributed by atoms with Gasteiger partial charge in [-0.25, -0.2) is 4.79 Å². The van der Waals surface area contributed by atoms with E-state index in [0.29, 0.717) is 11.3 Å². The Bertz CT molecular complexity index is 1160. The van der Waals surface area contributed by atoms with Gasteiger partial charge in [-0.15, -0.1) is 0 Å². The van der Waals surface area contributed by atoms with E-state index in [-0.39, 0.29) is 11.9 Å². The highest BCUT2D eigenvalue weighted by Gasteiger charge is 2.32. The van der Waals surface area contributed by atoms with Crippen LogP contribution in [0.4, 0.5) is 10.5 Å². The number of fused-ring (bicyclic) bond motifs is 1. The van der Waals surface area contributed by atoms with Crippen LogP contribution in [0.1, 0.15) is 29.7 Å². The van der Waals surface area contributed by atoms with Gasteiger partial charge >= 0.3 is 6.03 Å². The van der Waals surface area contributed by atoms with Crippen LogP contribution in [-0.2, 0) is 4.79 Å². The van der Waals surface area contributed by atoms with E-state index in [1.807, 2.05) is 74.5 Å². The molecule has 4 rings (SSSR count). The largest absolute Gasteiger partial charge is 0.327 e. The second-order valence-electron chi connectivity index (χ2n) is 7.41. The van der Waals surface area contributed by atoms with Crippen molar-refractivity contribution in [2.24, 2.45) is 0 Å². The minimum atomic E-state index is -0.542. The number of allylic oxidation sites excluding steroid dienone is 1. The van der Waals surface area contributed by atoms with Gasteiger partial charge in [0.25, 0.3) is 5.91 Å². The quantitative estimate of drug-likeness (QED) is 0.610. The first-order chi connectivity index (χ1) is 13.9. The number of rotatable bonds is 3. The summed E-state index contributed by atoms with van der Waals surface area (Å²) in [6.45, 7) is 5.70. The fraction of sp³-hybridized carbons (Fsp3) is 0.167. The zero-order valence-corrected chi connectivity index (χ0v) is 16.7. The summed E-state index contributed by atoms with van der Waals surface area (Å²) in [7, 11) is 0. The van der Waals surface area contributed by atoms with Crippen molar-refractivity contribution in [3.8, 4) is 0 Å². The van der Waals surface area contributed by atoms with Gasteiger partial charge < -0.3 is 16.0 Å². The van der Waals surface area contributed by atoms with Crippen molar-refractivity contribution in [1.29, 1.82) is 0 Å². The summed E-state index contributed by atoms with van der Waals surface area (Å²) in [5.74, 6) is -0.235. The summed E-state index contributed by atoms with van der Waals surface area (Å²) >= 11 is 0. The second kappa shape index (κ2) is 7.43. The maximum absolute atomic E-state index is 13.3. The molecule has 29 heavy (non-hydrogen) atoms. The summed E-state index contributed by atoms with van der Waals surface area (Å²) in [5.41, 5.74) is 4.76. The van der Waals surface area contributed by atoms with Gasteiger partial charge in [-0.2, -0.15) is 0 Å². The molecule has 3 aromatic carbocycles. The van der Waals surface area contributed by atoms with Crippen LogP contribution in [0.2, 0.25) is 0 Å². The molecular formula is C24H23N3O2. The number of urea groups is 1. The standard InChI is InChI=1S/C24H23N3O2/c1-14-11-12-15(2)20(13-14)26-23(28)21-16(3)25-24(29)27-22(21)19-10-6-8-17-7-4-5-9-18(17)19/h4-13,22H,1-3H3,(H,26,28)(H2,25,27,29)/t22-/m1/s1. The fourth-order valence-electron chi connectivity index (χ4n) is 3.79. The molecule has 1 atom stereocenters. The number of carbonyl (C=O) groups excluding carboxylic acids is 2. The summed E-state index contributed by atoms with van der Waals surface area (Å²) in [5, 5.41) is 10.8. The lowest BCUT2D eigenvalue weighted by Gasteiger charge is -2.29. The number of anilines is 1. The highest BCUT2D eigenvalue weighted by Crippen LogP contribution is 2.32. The highest BCUT2D eigenvalue weighted by atomic mass is 16.2. The number of nitrogens with one attached hydrogen (secondary N) is 3. The van der Waals surface area contributed by atoms with Crippen LogP contribution in [0.15, 0.2) is 71.9 Å². The first kappa shape index (κ1) is 18.7. The number of hydrogen-bond donors (Lipinski definition) is 3. The third kappa shape index (κ3) is 3.59. The van der Waals surface area contributed by atoms with Gasteiger partial charge in [0, 0.05) is 11.4 Å². The van der Waals surface area contributed by atoms with E-state index in [1.165, 1.54) is 0 Å². The molecule has 0 unspecified atom stereocenters. The SMILES string of the molecule is CC1=C(C(=O)Nc2cc(C)ccc2C)[C@@H](c2cccc3ccccc23)NC(=O)N1. The van der Waals surface area contributed by atoms with Gasteiger partial charge in [0.15, 0.2) is 0 Å². The molecule has 0 fully saturated rings. The van der Waals surface area contributed by atoms with Gasteiger partial charge in [-0.3, -0.25) is 4.79 Å². The molecule has 0 aliphatic carbocycles. The maximum atomic E-state index is 13.3. The lowest BCUT2D eigenvalue weighted by atomic mass is 9.91. The first-order valence-corrected chi connectivity index (χ1v) is 9.58. The average molecular weight is 385 g/mol. The first-order valence-electron chi connectivity index (χ1n) is 9.58. The molecule has 3 aromatic rings. The Hall–Kier alpha value is -3.60. The molecule has 0 radical (unpaired) electrons. The molecule has 0 bridgehead atoms. The molecule has 0 aromatic heterocycles. The molecule has 3 amide bonds. The Morgan fingerprint density at radius 3 is 2.55 bits per heavy atom. The zero-order chi connectivity index (χ0) is 20.5. The van der Waals surface area contributed by atoms with Crippen molar-refractivity contribution in [2.45, 2.75) is 26.8 Å². The Kier molecular flexibility index (Phi) is 4.80. The average Bonchev–Trinajstić information content (AvgIpc) is 2.69. The fourth-order valence-corrected chi connectivity index (χ4v) is 3.79. The minimum Gasteiger partial charge on any atom is -0.327 e. The third-order valence-corrected chi connectivity index (χ3v) is 5.29. The minimum absolute atomic E-state index is 0.235. The highest BCUT2D eigenvalue weighted by molar-refractivity contribution is 6.07. The van der Waals surface area contributed by atoms with Crippen molar-refractivity contribution in [3.05, 3.63) is 88.6 Å². The lowest BCUT2D eigenvalue weighted by Crippen LogP contribution is -2.46. The van der Waals surface area contributed by atoms with E-state index >= 15 is 0 Å². The second-order valence-corrected chi connectivity index (χ2v) is 7.41. The third-order valence-electron chi connectivity index (χ3n) is 5.29. The predicted molar refractivity (Wildman–Crippen MR) is 116 cm³/mol. The van der Waals surface area contributed by atoms with Crippen LogP contribution in [0.3, 0.4) is 0 Å². The molecule has 1 aliphatic heterocycles. The number of hydrogen-bond acceptors (Lipinski definition) is 2. The summed E-state index contributed by atoms with van der Waals surface area (Å²) in [4.78, 5) is 25.5. The van der Waals surface area contributed by atoms with E-state index in [1.54, 1.807) is 6.92 Å². The van der Waals surface area contributed by atoms with Crippen LogP contribution in [-0.4, -0.2) is 11.9 Å². The van der Waals surface area contributed by atoms with E-state index in [4.69, 9.17) is 0 Å². The monoisotopic (exact) mass is 385 g/mol. The summed E-state index contributed by atoms with van der Waals surface area (Å²) in [6.07, 6.45) is 0. The van der Waals surface area contributed by atoms with Crippen molar-refractivity contribution in [3.63, 3.8) is 0 Å². The van der Waals surface area contributed by atoms with Crippen LogP contribution < -0.4 is 16.0 Å². The molecule has 0 saturated heterocycles. The van der Waals surface area contributed by atoms with Crippen molar-refractivity contribution in [1.82, 2.24) is 10.6 Å². The molecule has 5 nitrogen and oxygen atoms in total. The predicted octanol–water partition coefficient (Wildman–Crippen LogP) is 4.72. The molecule has 1 aliphatic rings. The summed E-state index contributed by atoms with van der Waals surface area (Å²) in [6, 6.07) is 19.0. The Morgan fingerprint density at radius 1 is 0.966 bits per heavy atom. The summed E-state index contributed by atoms with van der Waals surface area (Å²) < 4.78 is 0. The number of carbonyl (C=O) groups is 2. The Labute approximate surface area is 169 Å². The van der Waals surface area contributed by atoms with Gasteiger partial charge in [-0.1, -0.05) is 54.6 Å². The van der Waals surface area contributed by atoms with Crippen molar-refractivity contribution in [2.75, 3.05) is 5.32 Å². The van der Waals surface area contributed by atoms with Gasteiger partial charge in [0.1, 0.15) is 0 Å². The van der Waals surface area contributed by atoms with Gasteiger partial charge in [0.2, 0.25) is 0 Å². The van der Waals surface area contributed by atoms with Crippen LogP contribution >= 0.6 is 0 Å². The van der Waals surface area contributed by atoms with E-state index in [0.717, 1.165) is 33.2 Å². The van der Waals surface area contributed by atoms with E-state index in [2.05, 4.69) is 16.0 Å². The molecule has 146 valence electrons. The molecular weight excluding hydrogens is 362 g/mol. The van der Waals surface area contributed by atoms with Crippen molar-refractivity contribution < 1.29 is 9.59 Å². The van der Waals surface area contributed by atoms with Gasteiger partial charge in [0.05, 0.1) is 11.6 Å². The topological polar surface area (TPSA) is 70.2 Å². The Morgan fingerprint density at radius 2 is 1.72 bits per heavy atom. The van der Waals surface area contributed by atoms with Crippen molar-refractivity contribution >= 4 is 28.4 Å². The van der Waals surface area contributed by atoms with Crippen LogP contribution in [0, 0.1) is 13.8 Å². The molecule has 0 saturated carbocycles. The maximum Gasteiger partial charge on any atom is 0.319 e. The smallest absolute Gasteiger partial charge is 0.319 e. The number of aryl methyl sites for hydroxylation is 2. The zero-order valence-electron chi connectivity index (χ0n) is 16.7. The molecule has 5 heteroatoms. The molecule has 1 heterocycles. The Balaban J connectivity index is 1.78. The van der Waals surface area contributed by atoms with E-state index < -0.39 is 6.04 Å². The lowest BCUT2D eigenvalue weighted by molar-refractivity contribution is -0.113. The van der Waals surface area contributed by atoms with Gasteiger partial charge in [-0.05, 0) is 54.3 Å². The van der Waals surface area contributed by atoms with E-state index in [9.17, 15) is 9.59 Å². The molecule has 3 N–H and O–H groups in total. The number of benzene rings is 3. The van der Waals surface area contributed by atoms with Crippen LogP contribution in [0.5, 0.6) is 0 Å². The number of amides is 3.